The zero-order chi connectivity index (χ0) is 24.1. The standard InChI is InChI=1S/C25H25ClFIN2O3S/c1-25(27,28)18-8-5-16(6-9-18)24-30-21(14-33-23-4-2-3-11-31-23)22(34-24)15-32-19-10-7-17(13-29)20(26)12-19/h5-10,12-13,23,29H,2-4,11,14-15H2,1H3. The van der Waals surface area contributed by atoms with E-state index in [1.807, 2.05) is 12.1 Å². The summed E-state index contributed by atoms with van der Waals surface area (Å²) in [6.45, 7) is 2.87. The van der Waals surface area contributed by atoms with Crippen LogP contribution in [0.3, 0.4) is 0 Å². The molecule has 0 spiro atoms. The fourth-order valence-corrected chi connectivity index (χ4v) is 5.08. The number of hydrogen-bond acceptors (Lipinski definition) is 6. The Morgan fingerprint density at radius 3 is 2.71 bits per heavy atom. The van der Waals surface area contributed by atoms with Crippen LogP contribution in [0.2, 0.25) is 5.02 Å². The maximum atomic E-state index is 14.2. The Morgan fingerprint density at radius 1 is 1.26 bits per heavy atom. The molecule has 34 heavy (non-hydrogen) atoms. The van der Waals surface area contributed by atoms with E-state index in [0.29, 0.717) is 41.7 Å². The van der Waals surface area contributed by atoms with Crippen molar-refractivity contribution in [3.63, 3.8) is 0 Å². The van der Waals surface area contributed by atoms with E-state index in [2.05, 4.69) is 0 Å². The van der Waals surface area contributed by atoms with E-state index >= 15 is 0 Å². The van der Waals surface area contributed by atoms with Gasteiger partial charge in [0.1, 0.15) is 17.4 Å². The molecule has 0 radical (unpaired) electrons. The van der Waals surface area contributed by atoms with Crippen LogP contribution in [0.15, 0.2) is 42.5 Å². The van der Waals surface area contributed by atoms with Crippen molar-refractivity contribution in [1.82, 2.24) is 4.98 Å². The molecule has 5 nitrogen and oxygen atoms in total. The highest BCUT2D eigenvalue weighted by Gasteiger charge is 2.22. The fraction of sp³-hybridized carbons (Fsp3) is 0.360. The first kappa shape index (κ1) is 25.5. The van der Waals surface area contributed by atoms with Crippen molar-refractivity contribution in [3.05, 3.63) is 69.2 Å². The normalized spacial score (nSPS) is 17.8. The minimum absolute atomic E-state index is 0.217. The smallest absolute Gasteiger partial charge is 0.183 e. The largest absolute Gasteiger partial charge is 0.488 e. The van der Waals surface area contributed by atoms with E-state index in [-0.39, 0.29) is 6.29 Å². The van der Waals surface area contributed by atoms with Gasteiger partial charge in [0.2, 0.25) is 0 Å². The lowest BCUT2D eigenvalue weighted by molar-refractivity contribution is -0.169. The van der Waals surface area contributed by atoms with Crippen LogP contribution in [0.4, 0.5) is 4.39 Å². The number of alkyl halides is 2. The second kappa shape index (κ2) is 11.4. The maximum Gasteiger partial charge on any atom is 0.183 e. The Balaban J connectivity index is 1.54. The average Bonchev–Trinajstić information content (AvgIpc) is 3.25. The molecule has 9 heteroatoms. The molecule has 4 rings (SSSR count). The SMILES string of the molecule is CC(F)(I)c1ccc(-c2nc(COC3CCCCO3)c(COc3ccc(C=N)c(Cl)c3)s2)cc1. The average molecular weight is 615 g/mol. The van der Waals surface area contributed by atoms with Crippen molar-refractivity contribution in [1.29, 1.82) is 5.41 Å². The zero-order valence-corrected chi connectivity index (χ0v) is 22.4. The van der Waals surface area contributed by atoms with Gasteiger partial charge in [0.05, 0.1) is 22.2 Å². The second-order valence-electron chi connectivity index (χ2n) is 8.08. The molecule has 0 saturated carbocycles. The number of nitrogens with zero attached hydrogens (tertiary/aromatic N) is 1. The van der Waals surface area contributed by atoms with E-state index in [9.17, 15) is 4.39 Å². The topological polar surface area (TPSA) is 64.4 Å². The van der Waals surface area contributed by atoms with Gasteiger partial charge in [-0.1, -0.05) is 35.9 Å². The zero-order valence-electron chi connectivity index (χ0n) is 18.7. The van der Waals surface area contributed by atoms with Crippen LogP contribution in [0.1, 0.15) is 47.9 Å². The van der Waals surface area contributed by atoms with Gasteiger partial charge in [-0.25, -0.2) is 9.37 Å². The number of ether oxygens (including phenoxy) is 3. The summed E-state index contributed by atoms with van der Waals surface area (Å²) in [5, 5.41) is 8.66. The number of rotatable bonds is 9. The van der Waals surface area contributed by atoms with Crippen molar-refractivity contribution in [2.45, 2.75) is 49.4 Å². The first-order chi connectivity index (χ1) is 16.3. The molecular weight excluding hydrogens is 590 g/mol. The van der Waals surface area contributed by atoms with Crippen LogP contribution >= 0.6 is 45.5 Å². The molecule has 1 aliphatic heterocycles. The Bertz CT molecular complexity index is 1130. The van der Waals surface area contributed by atoms with Crippen molar-refractivity contribution < 1.29 is 18.6 Å². The summed E-state index contributed by atoms with van der Waals surface area (Å²) in [5.74, 6) is 0.613. The monoisotopic (exact) mass is 614 g/mol. The van der Waals surface area contributed by atoms with Crippen LogP contribution in [0.5, 0.6) is 5.75 Å². The molecule has 2 atom stereocenters. The quantitative estimate of drug-likeness (QED) is 0.153. The van der Waals surface area contributed by atoms with Gasteiger partial charge in [0.25, 0.3) is 0 Å². The number of benzene rings is 2. The summed E-state index contributed by atoms with van der Waals surface area (Å²) in [5.41, 5.74) is 2.95. The molecule has 1 aromatic heterocycles. The lowest BCUT2D eigenvalue weighted by Crippen LogP contribution is -2.22. The Kier molecular flexibility index (Phi) is 8.57. The number of hydrogen-bond donors (Lipinski definition) is 1. The summed E-state index contributed by atoms with van der Waals surface area (Å²) >= 11 is 9.51. The van der Waals surface area contributed by atoms with Crippen LogP contribution in [0, 0.1) is 5.41 Å². The van der Waals surface area contributed by atoms with Crippen LogP contribution in [0.25, 0.3) is 10.6 Å². The Labute approximate surface area is 221 Å². The van der Waals surface area contributed by atoms with Gasteiger partial charge in [0.15, 0.2) is 9.97 Å². The van der Waals surface area contributed by atoms with Crippen LogP contribution in [-0.2, 0) is 26.4 Å². The lowest BCUT2D eigenvalue weighted by atomic mass is 10.1. The number of aromatic nitrogens is 1. The third kappa shape index (κ3) is 6.54. The molecule has 0 aliphatic carbocycles. The van der Waals surface area contributed by atoms with Gasteiger partial charge >= 0.3 is 0 Å². The number of halogens is 3. The fourth-order valence-electron chi connectivity index (χ4n) is 3.52. The predicted octanol–water partition coefficient (Wildman–Crippen LogP) is 7.66. The molecule has 2 unspecified atom stereocenters. The van der Waals surface area contributed by atoms with E-state index in [4.69, 9.17) is 36.2 Å². The second-order valence-corrected chi connectivity index (χ2v) is 11.6. The molecule has 0 amide bonds. The summed E-state index contributed by atoms with van der Waals surface area (Å²) in [4.78, 5) is 5.76. The van der Waals surface area contributed by atoms with Crippen molar-refractivity contribution in [3.8, 4) is 16.3 Å². The van der Waals surface area contributed by atoms with E-state index in [0.717, 1.165) is 40.4 Å². The van der Waals surface area contributed by atoms with E-state index in [1.165, 1.54) is 24.5 Å². The van der Waals surface area contributed by atoms with E-state index in [1.54, 1.807) is 52.9 Å². The van der Waals surface area contributed by atoms with Gasteiger partial charge < -0.3 is 19.6 Å². The molecule has 2 aromatic carbocycles. The van der Waals surface area contributed by atoms with Crippen molar-refractivity contribution >= 4 is 51.7 Å². The minimum Gasteiger partial charge on any atom is -0.488 e. The molecule has 1 aliphatic rings. The summed E-state index contributed by atoms with van der Waals surface area (Å²) in [6.07, 6.45) is 4.01. The molecule has 2 heterocycles. The van der Waals surface area contributed by atoms with Gasteiger partial charge in [-0.2, -0.15) is 0 Å². The molecule has 0 bridgehead atoms. The Morgan fingerprint density at radius 2 is 2.06 bits per heavy atom. The summed E-state index contributed by atoms with van der Waals surface area (Å²) in [6, 6.07) is 12.6. The third-order valence-electron chi connectivity index (χ3n) is 5.46. The third-order valence-corrected chi connectivity index (χ3v) is 7.53. The molecule has 1 N–H and O–H groups in total. The molecular formula is C25H25ClFIN2O3S. The molecule has 1 fully saturated rings. The highest BCUT2D eigenvalue weighted by Crippen LogP contribution is 2.36. The van der Waals surface area contributed by atoms with Gasteiger partial charge in [-0.05, 0) is 72.5 Å². The van der Waals surface area contributed by atoms with E-state index < -0.39 is 3.68 Å². The Hall–Kier alpha value is -1.59. The van der Waals surface area contributed by atoms with Gasteiger partial charge in [0, 0.05) is 23.9 Å². The maximum absolute atomic E-state index is 14.2. The summed E-state index contributed by atoms with van der Waals surface area (Å²) in [7, 11) is 0. The first-order valence-corrected chi connectivity index (χ1v) is 13.2. The van der Waals surface area contributed by atoms with Gasteiger partial charge in [-0.3, -0.25) is 0 Å². The van der Waals surface area contributed by atoms with Crippen LogP contribution < -0.4 is 4.74 Å². The van der Waals surface area contributed by atoms with Crippen LogP contribution in [-0.4, -0.2) is 24.1 Å². The number of nitrogens with one attached hydrogen (secondary N) is 1. The lowest BCUT2D eigenvalue weighted by Gasteiger charge is -2.22. The van der Waals surface area contributed by atoms with Crippen molar-refractivity contribution in [2.75, 3.05) is 6.61 Å². The molecule has 180 valence electrons. The predicted molar refractivity (Wildman–Crippen MR) is 142 cm³/mol. The summed E-state index contributed by atoms with van der Waals surface area (Å²) < 4.78 is 30.5. The highest BCUT2D eigenvalue weighted by atomic mass is 127. The molecule has 1 saturated heterocycles. The first-order valence-electron chi connectivity index (χ1n) is 11.0. The highest BCUT2D eigenvalue weighted by molar-refractivity contribution is 14.1. The minimum atomic E-state index is -1.42. The molecule has 3 aromatic rings. The van der Waals surface area contributed by atoms with Crippen molar-refractivity contribution in [2.24, 2.45) is 0 Å². The van der Waals surface area contributed by atoms with Gasteiger partial charge in [-0.15, -0.1) is 11.3 Å². The number of thiazole rings is 1.